The highest BCUT2D eigenvalue weighted by atomic mass is 32.1. The number of nitrogens with one attached hydrogen (secondary N) is 1. The van der Waals surface area contributed by atoms with Crippen LogP contribution in [0.5, 0.6) is 0 Å². The molecule has 0 aliphatic rings. The Balaban J connectivity index is 2.06. The Morgan fingerprint density at radius 2 is 2.24 bits per heavy atom. The summed E-state index contributed by atoms with van der Waals surface area (Å²) in [4.78, 5) is 27.2. The molecule has 2 aromatic rings. The van der Waals surface area contributed by atoms with Gasteiger partial charge in [0.2, 0.25) is 0 Å². The third kappa shape index (κ3) is 4.00. The second kappa shape index (κ2) is 6.81. The first-order chi connectivity index (χ1) is 10.1. The Labute approximate surface area is 126 Å². The normalized spacial score (nSPS) is 10.7. The van der Waals surface area contributed by atoms with E-state index in [2.05, 4.69) is 10.3 Å². The molecule has 5 nitrogen and oxygen atoms in total. The summed E-state index contributed by atoms with van der Waals surface area (Å²) in [7, 11) is 0. The van der Waals surface area contributed by atoms with Crippen molar-refractivity contribution in [1.29, 1.82) is 0 Å². The van der Waals surface area contributed by atoms with E-state index in [0.29, 0.717) is 17.0 Å². The lowest BCUT2D eigenvalue weighted by Gasteiger charge is -2.07. The van der Waals surface area contributed by atoms with Crippen LogP contribution in [0.25, 0.3) is 6.08 Å². The second-order valence-corrected chi connectivity index (χ2v) is 5.28. The number of thiophene rings is 1. The van der Waals surface area contributed by atoms with Crippen molar-refractivity contribution in [2.75, 3.05) is 0 Å². The molecule has 0 unspecified atom stereocenters. The second-order valence-electron chi connectivity index (χ2n) is 4.36. The largest absolute Gasteiger partial charge is 0.478 e. The lowest BCUT2D eigenvalue weighted by atomic mass is 10.1. The van der Waals surface area contributed by atoms with Crippen molar-refractivity contribution in [2.45, 2.75) is 13.5 Å². The van der Waals surface area contributed by atoms with E-state index >= 15 is 0 Å². The van der Waals surface area contributed by atoms with E-state index in [1.165, 1.54) is 17.4 Å². The number of pyridine rings is 1. The molecule has 0 radical (unpaired) electrons. The third-order valence-corrected chi connectivity index (χ3v) is 3.82. The molecule has 2 aromatic heterocycles. The smallest absolute Gasteiger partial charge is 0.328 e. The Morgan fingerprint density at radius 3 is 2.95 bits per heavy atom. The first-order valence-electron chi connectivity index (χ1n) is 6.24. The molecule has 108 valence electrons. The maximum absolute atomic E-state index is 12.2. The molecule has 6 heteroatoms. The van der Waals surface area contributed by atoms with Gasteiger partial charge in [0.05, 0.1) is 4.88 Å². The highest BCUT2D eigenvalue weighted by Crippen LogP contribution is 2.18. The Morgan fingerprint density at radius 1 is 1.43 bits per heavy atom. The van der Waals surface area contributed by atoms with Crippen molar-refractivity contribution in [2.24, 2.45) is 0 Å². The van der Waals surface area contributed by atoms with Gasteiger partial charge < -0.3 is 10.4 Å². The molecule has 1 amide bonds. The molecule has 0 spiro atoms. The highest BCUT2D eigenvalue weighted by molar-refractivity contribution is 7.12. The summed E-state index contributed by atoms with van der Waals surface area (Å²) < 4.78 is 0. The predicted octanol–water partition coefficient (Wildman–Crippen LogP) is 2.48. The SMILES string of the molecule is Cc1ccncc1CNC(=O)c1sccc1/C=C/C(=O)O. The molecule has 2 N–H and O–H groups in total. The summed E-state index contributed by atoms with van der Waals surface area (Å²) in [6.45, 7) is 2.34. The molecular formula is C15H14N2O3S. The molecule has 2 rings (SSSR count). The number of hydrogen-bond acceptors (Lipinski definition) is 4. The number of carboxylic acids is 1. The van der Waals surface area contributed by atoms with E-state index < -0.39 is 5.97 Å². The van der Waals surface area contributed by atoms with Crippen LogP contribution < -0.4 is 5.32 Å². The van der Waals surface area contributed by atoms with Crippen LogP contribution in [0.1, 0.15) is 26.4 Å². The summed E-state index contributed by atoms with van der Waals surface area (Å²) in [6, 6.07) is 3.60. The summed E-state index contributed by atoms with van der Waals surface area (Å²) >= 11 is 1.28. The quantitative estimate of drug-likeness (QED) is 0.832. The van der Waals surface area contributed by atoms with Gasteiger partial charge in [0, 0.05) is 25.0 Å². The van der Waals surface area contributed by atoms with Gasteiger partial charge in [-0.15, -0.1) is 11.3 Å². The number of rotatable bonds is 5. The van der Waals surface area contributed by atoms with Crippen LogP contribution in [0.15, 0.2) is 36.0 Å². The van der Waals surface area contributed by atoms with Crippen molar-refractivity contribution in [3.05, 3.63) is 57.6 Å². The molecule has 0 aromatic carbocycles. The number of carbonyl (C=O) groups is 2. The van der Waals surface area contributed by atoms with E-state index in [-0.39, 0.29) is 5.91 Å². The van der Waals surface area contributed by atoms with Crippen LogP contribution in [-0.4, -0.2) is 22.0 Å². The Kier molecular flexibility index (Phi) is 4.84. The number of carbonyl (C=O) groups excluding carboxylic acids is 1. The fourth-order valence-corrected chi connectivity index (χ4v) is 2.54. The number of aryl methyl sites for hydroxylation is 1. The minimum atomic E-state index is -1.04. The van der Waals surface area contributed by atoms with Crippen LogP contribution in [0.2, 0.25) is 0 Å². The van der Waals surface area contributed by atoms with Crippen LogP contribution >= 0.6 is 11.3 Å². The third-order valence-electron chi connectivity index (χ3n) is 2.89. The summed E-state index contributed by atoms with van der Waals surface area (Å²) in [6.07, 6.45) is 5.86. The molecule has 0 fully saturated rings. The number of carboxylic acid groups (broad SMARTS) is 1. The molecule has 2 heterocycles. The number of hydrogen-bond donors (Lipinski definition) is 2. The van der Waals surface area contributed by atoms with Crippen molar-refractivity contribution in [1.82, 2.24) is 10.3 Å². The molecule has 0 atom stereocenters. The molecule has 0 saturated heterocycles. The Hall–Kier alpha value is -2.47. The van der Waals surface area contributed by atoms with Gasteiger partial charge in [-0.1, -0.05) is 0 Å². The van der Waals surface area contributed by atoms with Crippen molar-refractivity contribution in [3.63, 3.8) is 0 Å². The first kappa shape index (κ1) is 14.9. The fraction of sp³-hybridized carbons (Fsp3) is 0.133. The van der Waals surface area contributed by atoms with Gasteiger partial charge >= 0.3 is 5.97 Å². The van der Waals surface area contributed by atoms with Crippen LogP contribution in [0.3, 0.4) is 0 Å². The minimum Gasteiger partial charge on any atom is -0.478 e. The minimum absolute atomic E-state index is 0.224. The van der Waals surface area contributed by atoms with Crippen molar-refractivity contribution < 1.29 is 14.7 Å². The lowest BCUT2D eigenvalue weighted by molar-refractivity contribution is -0.131. The zero-order valence-electron chi connectivity index (χ0n) is 11.4. The molecule has 0 bridgehead atoms. The molecule has 0 saturated carbocycles. The summed E-state index contributed by atoms with van der Waals surface area (Å²) in [5.41, 5.74) is 2.61. The summed E-state index contributed by atoms with van der Waals surface area (Å²) in [5.74, 6) is -1.27. The van der Waals surface area contributed by atoms with Gasteiger partial charge in [0.25, 0.3) is 5.91 Å². The van der Waals surface area contributed by atoms with E-state index in [4.69, 9.17) is 5.11 Å². The lowest BCUT2D eigenvalue weighted by Crippen LogP contribution is -2.23. The van der Waals surface area contributed by atoms with Crippen molar-refractivity contribution in [3.8, 4) is 0 Å². The maximum atomic E-state index is 12.2. The van der Waals surface area contributed by atoms with E-state index in [9.17, 15) is 9.59 Å². The van der Waals surface area contributed by atoms with Gasteiger partial charge in [-0.05, 0) is 47.2 Å². The predicted molar refractivity (Wildman–Crippen MR) is 81.1 cm³/mol. The van der Waals surface area contributed by atoms with Gasteiger partial charge in [0.1, 0.15) is 0 Å². The number of aromatic nitrogens is 1. The van der Waals surface area contributed by atoms with Gasteiger partial charge in [-0.3, -0.25) is 9.78 Å². The molecule has 21 heavy (non-hydrogen) atoms. The van der Waals surface area contributed by atoms with Crippen LogP contribution in [0.4, 0.5) is 0 Å². The number of amides is 1. The maximum Gasteiger partial charge on any atom is 0.328 e. The standard InChI is InChI=1S/C15H14N2O3S/c1-10-4-6-16-8-12(10)9-17-15(20)14-11(5-7-21-14)2-3-13(18)19/h2-8H,9H2,1H3,(H,17,20)(H,18,19)/b3-2+. The molecule has 0 aliphatic carbocycles. The Bertz CT molecular complexity index is 692. The average molecular weight is 302 g/mol. The number of aliphatic carboxylic acids is 1. The van der Waals surface area contributed by atoms with E-state index in [1.807, 2.05) is 13.0 Å². The monoisotopic (exact) mass is 302 g/mol. The van der Waals surface area contributed by atoms with Crippen molar-refractivity contribution >= 4 is 29.3 Å². The summed E-state index contributed by atoms with van der Waals surface area (Å²) in [5, 5.41) is 13.2. The van der Waals surface area contributed by atoms with E-state index in [0.717, 1.165) is 17.2 Å². The van der Waals surface area contributed by atoms with Crippen LogP contribution in [-0.2, 0) is 11.3 Å². The average Bonchev–Trinajstić information content (AvgIpc) is 2.92. The zero-order valence-corrected chi connectivity index (χ0v) is 12.2. The zero-order chi connectivity index (χ0) is 15.2. The number of nitrogens with zero attached hydrogens (tertiary/aromatic N) is 1. The van der Waals surface area contributed by atoms with Gasteiger partial charge in [-0.25, -0.2) is 4.79 Å². The molecule has 0 aliphatic heterocycles. The first-order valence-corrected chi connectivity index (χ1v) is 7.12. The van der Waals surface area contributed by atoms with Gasteiger partial charge in [-0.2, -0.15) is 0 Å². The topological polar surface area (TPSA) is 79.3 Å². The van der Waals surface area contributed by atoms with E-state index in [1.54, 1.807) is 23.8 Å². The molecular weight excluding hydrogens is 288 g/mol. The highest BCUT2D eigenvalue weighted by Gasteiger charge is 2.11. The van der Waals surface area contributed by atoms with Gasteiger partial charge in [0.15, 0.2) is 0 Å². The van der Waals surface area contributed by atoms with Crippen LogP contribution in [0, 0.1) is 6.92 Å². The fourth-order valence-electron chi connectivity index (χ4n) is 1.73.